The summed E-state index contributed by atoms with van der Waals surface area (Å²) in [6.07, 6.45) is 2.09. The van der Waals surface area contributed by atoms with Crippen molar-refractivity contribution < 1.29 is 0 Å². The van der Waals surface area contributed by atoms with E-state index < -0.39 is 0 Å². The van der Waals surface area contributed by atoms with Crippen molar-refractivity contribution in [3.05, 3.63) is 71.3 Å². The first-order chi connectivity index (χ1) is 8.69. The molecule has 1 heteroatoms. The van der Waals surface area contributed by atoms with E-state index in [2.05, 4.69) is 61.5 Å². The summed E-state index contributed by atoms with van der Waals surface area (Å²) in [5.74, 6) is 0.526. The van der Waals surface area contributed by atoms with Crippen molar-refractivity contribution in [2.75, 3.05) is 0 Å². The van der Waals surface area contributed by atoms with Gasteiger partial charge in [0.15, 0.2) is 0 Å². The normalized spacial score (nSPS) is 26.0. The third-order valence-electron chi connectivity index (χ3n) is 4.10. The summed E-state index contributed by atoms with van der Waals surface area (Å²) >= 11 is 0. The smallest absolute Gasteiger partial charge is 0.0271 e. The first kappa shape index (κ1) is 11.5. The van der Waals surface area contributed by atoms with Crippen LogP contribution in [0.5, 0.6) is 0 Å². The molecule has 2 aromatic carbocycles. The van der Waals surface area contributed by atoms with Crippen LogP contribution in [0.1, 0.15) is 29.0 Å². The highest BCUT2D eigenvalue weighted by atomic mass is 14.9. The molecule has 0 radical (unpaired) electrons. The van der Waals surface area contributed by atoms with Crippen LogP contribution in [0.25, 0.3) is 0 Å². The minimum atomic E-state index is -0.0343. The molecule has 92 valence electrons. The van der Waals surface area contributed by atoms with E-state index in [0.717, 1.165) is 12.8 Å². The van der Waals surface area contributed by atoms with E-state index in [1.807, 2.05) is 0 Å². The lowest BCUT2D eigenvalue weighted by Crippen LogP contribution is -2.27. The van der Waals surface area contributed by atoms with E-state index in [9.17, 15) is 0 Å². The Morgan fingerprint density at radius 1 is 1.06 bits per heavy atom. The van der Waals surface area contributed by atoms with Gasteiger partial charge in [-0.05, 0) is 36.5 Å². The predicted molar refractivity (Wildman–Crippen MR) is 75.6 cm³/mol. The van der Waals surface area contributed by atoms with Gasteiger partial charge in [-0.1, -0.05) is 54.6 Å². The van der Waals surface area contributed by atoms with Crippen molar-refractivity contribution in [3.8, 4) is 0 Å². The molecule has 0 bridgehead atoms. The van der Waals surface area contributed by atoms with E-state index in [1.54, 1.807) is 0 Å². The van der Waals surface area contributed by atoms with Gasteiger partial charge in [-0.3, -0.25) is 0 Å². The third-order valence-corrected chi connectivity index (χ3v) is 4.10. The summed E-state index contributed by atoms with van der Waals surface area (Å²) in [5, 5.41) is 0. The molecule has 0 amide bonds. The lowest BCUT2D eigenvalue weighted by Gasteiger charge is -2.13. The molecular weight excluding hydrogens is 218 g/mol. The predicted octanol–water partition coefficient (Wildman–Crippen LogP) is 3.42. The molecule has 0 spiro atoms. The highest BCUT2D eigenvalue weighted by Crippen LogP contribution is 2.51. The van der Waals surface area contributed by atoms with E-state index >= 15 is 0 Å². The third kappa shape index (κ3) is 2.06. The van der Waals surface area contributed by atoms with Gasteiger partial charge in [-0.15, -0.1) is 0 Å². The fourth-order valence-corrected chi connectivity index (χ4v) is 2.81. The molecule has 2 atom stereocenters. The summed E-state index contributed by atoms with van der Waals surface area (Å²) in [6.45, 7) is 2.17. The standard InChI is InChI=1S/C17H19N/c1-13-7-5-6-10-15(13)11-17(18)12-16(17)14-8-3-2-4-9-14/h2-10,16H,11-12,18H2,1H3. The Kier molecular flexibility index (Phi) is 2.71. The molecule has 2 aromatic rings. The Labute approximate surface area is 109 Å². The van der Waals surface area contributed by atoms with Gasteiger partial charge in [0.25, 0.3) is 0 Å². The summed E-state index contributed by atoms with van der Waals surface area (Å²) in [4.78, 5) is 0. The van der Waals surface area contributed by atoms with Crippen LogP contribution >= 0.6 is 0 Å². The maximum absolute atomic E-state index is 6.52. The summed E-state index contributed by atoms with van der Waals surface area (Å²) in [7, 11) is 0. The van der Waals surface area contributed by atoms with E-state index in [0.29, 0.717) is 5.92 Å². The summed E-state index contributed by atoms with van der Waals surface area (Å²) < 4.78 is 0. The maximum Gasteiger partial charge on any atom is 0.0271 e. The summed E-state index contributed by atoms with van der Waals surface area (Å²) in [5.41, 5.74) is 10.6. The SMILES string of the molecule is Cc1ccccc1CC1(N)CC1c1ccccc1. The van der Waals surface area contributed by atoms with Crippen LogP contribution in [0.2, 0.25) is 0 Å². The van der Waals surface area contributed by atoms with Crippen molar-refractivity contribution in [1.82, 2.24) is 0 Å². The van der Waals surface area contributed by atoms with Gasteiger partial charge in [0, 0.05) is 11.5 Å². The molecule has 2 unspecified atom stereocenters. The van der Waals surface area contributed by atoms with Crippen LogP contribution in [0.3, 0.4) is 0 Å². The van der Waals surface area contributed by atoms with Gasteiger partial charge in [-0.25, -0.2) is 0 Å². The second-order valence-corrected chi connectivity index (χ2v) is 5.50. The molecule has 1 aliphatic rings. The number of aryl methyl sites for hydroxylation is 1. The number of hydrogen-bond donors (Lipinski definition) is 1. The van der Waals surface area contributed by atoms with Gasteiger partial charge in [0.05, 0.1) is 0 Å². The molecule has 1 saturated carbocycles. The quantitative estimate of drug-likeness (QED) is 0.869. The largest absolute Gasteiger partial charge is 0.324 e. The van der Waals surface area contributed by atoms with Crippen LogP contribution in [0, 0.1) is 6.92 Å². The molecule has 1 nitrogen and oxygen atoms in total. The lowest BCUT2D eigenvalue weighted by molar-refractivity contribution is 0.644. The second-order valence-electron chi connectivity index (χ2n) is 5.50. The lowest BCUT2D eigenvalue weighted by atomic mass is 9.97. The van der Waals surface area contributed by atoms with Gasteiger partial charge in [-0.2, -0.15) is 0 Å². The van der Waals surface area contributed by atoms with E-state index in [-0.39, 0.29) is 5.54 Å². The van der Waals surface area contributed by atoms with Crippen LogP contribution in [-0.2, 0) is 6.42 Å². The summed E-state index contributed by atoms with van der Waals surface area (Å²) in [6, 6.07) is 19.2. The average molecular weight is 237 g/mol. The zero-order valence-corrected chi connectivity index (χ0v) is 10.8. The molecule has 1 aliphatic carbocycles. The Bertz CT molecular complexity index is 547. The van der Waals surface area contributed by atoms with Crippen molar-refractivity contribution in [2.45, 2.75) is 31.2 Å². The van der Waals surface area contributed by atoms with Crippen molar-refractivity contribution >= 4 is 0 Å². The van der Waals surface area contributed by atoms with Gasteiger partial charge < -0.3 is 5.73 Å². The molecule has 0 heterocycles. The number of nitrogens with two attached hydrogens (primary N) is 1. The van der Waals surface area contributed by atoms with Gasteiger partial charge in [0.1, 0.15) is 0 Å². The second kappa shape index (κ2) is 4.25. The Hall–Kier alpha value is -1.60. The molecule has 0 aliphatic heterocycles. The van der Waals surface area contributed by atoms with Crippen LogP contribution in [0.15, 0.2) is 54.6 Å². The average Bonchev–Trinajstić information content (AvgIpc) is 3.05. The van der Waals surface area contributed by atoms with Crippen LogP contribution < -0.4 is 5.73 Å². The molecule has 0 saturated heterocycles. The fourth-order valence-electron chi connectivity index (χ4n) is 2.81. The Morgan fingerprint density at radius 2 is 1.72 bits per heavy atom. The highest BCUT2D eigenvalue weighted by Gasteiger charge is 2.51. The number of rotatable bonds is 3. The first-order valence-corrected chi connectivity index (χ1v) is 6.57. The minimum absolute atomic E-state index is 0.0343. The zero-order valence-electron chi connectivity index (χ0n) is 10.8. The monoisotopic (exact) mass is 237 g/mol. The molecule has 3 rings (SSSR count). The first-order valence-electron chi connectivity index (χ1n) is 6.57. The Balaban J connectivity index is 1.78. The molecule has 1 fully saturated rings. The van der Waals surface area contributed by atoms with Crippen LogP contribution in [0.4, 0.5) is 0 Å². The van der Waals surface area contributed by atoms with Crippen molar-refractivity contribution in [1.29, 1.82) is 0 Å². The number of hydrogen-bond acceptors (Lipinski definition) is 1. The molecular formula is C17H19N. The van der Waals surface area contributed by atoms with E-state index in [1.165, 1.54) is 16.7 Å². The highest BCUT2D eigenvalue weighted by molar-refractivity contribution is 5.37. The maximum atomic E-state index is 6.52. The minimum Gasteiger partial charge on any atom is -0.324 e. The van der Waals surface area contributed by atoms with E-state index in [4.69, 9.17) is 5.73 Å². The van der Waals surface area contributed by atoms with Gasteiger partial charge >= 0.3 is 0 Å². The number of benzene rings is 2. The fraction of sp³-hybridized carbons (Fsp3) is 0.294. The zero-order chi connectivity index (χ0) is 12.6. The van der Waals surface area contributed by atoms with Gasteiger partial charge in [0.2, 0.25) is 0 Å². The van der Waals surface area contributed by atoms with Crippen molar-refractivity contribution in [2.24, 2.45) is 5.73 Å². The molecule has 18 heavy (non-hydrogen) atoms. The topological polar surface area (TPSA) is 26.0 Å². The van der Waals surface area contributed by atoms with Crippen molar-refractivity contribution in [3.63, 3.8) is 0 Å². The Morgan fingerprint density at radius 3 is 2.44 bits per heavy atom. The molecule has 2 N–H and O–H groups in total. The molecule has 0 aromatic heterocycles. The van der Waals surface area contributed by atoms with Crippen LogP contribution in [-0.4, -0.2) is 5.54 Å².